The molecule has 0 aliphatic rings. The lowest BCUT2D eigenvalue weighted by Gasteiger charge is -2.09. The Bertz CT molecular complexity index is 469. The van der Waals surface area contributed by atoms with Gasteiger partial charge in [-0.15, -0.1) is 0 Å². The van der Waals surface area contributed by atoms with E-state index in [1.807, 2.05) is 26.0 Å². The molecule has 0 heterocycles. The molecule has 0 aliphatic carbocycles. The minimum Gasteiger partial charge on any atom is -0.218 e. The molecular formula is C10H14BrNO2S. The maximum Gasteiger partial charge on any atom is 0.215 e. The molecule has 0 saturated carbocycles. The molecule has 0 unspecified atom stereocenters. The number of benzene rings is 1. The standard InChI is InChI=1S/C10H14BrNO2S/c1-7-4-5-9(8(2)10(7)11)6-15(13,14)12-3/h4-5,12H,6H2,1-3H3. The Balaban J connectivity index is 3.13. The molecule has 0 bridgehead atoms. The first-order valence-electron chi connectivity index (χ1n) is 4.53. The lowest BCUT2D eigenvalue weighted by Crippen LogP contribution is -2.20. The fourth-order valence-electron chi connectivity index (χ4n) is 1.29. The average Bonchev–Trinajstić information content (AvgIpc) is 2.19. The normalized spacial score (nSPS) is 11.7. The van der Waals surface area contributed by atoms with Crippen LogP contribution in [0, 0.1) is 13.8 Å². The van der Waals surface area contributed by atoms with E-state index >= 15 is 0 Å². The van der Waals surface area contributed by atoms with Gasteiger partial charge in [-0.25, -0.2) is 13.1 Å². The van der Waals surface area contributed by atoms with Crippen LogP contribution >= 0.6 is 15.9 Å². The highest BCUT2D eigenvalue weighted by molar-refractivity contribution is 9.10. The Kier molecular flexibility index (Phi) is 3.92. The van der Waals surface area contributed by atoms with Crippen LogP contribution in [-0.2, 0) is 15.8 Å². The van der Waals surface area contributed by atoms with E-state index in [9.17, 15) is 8.42 Å². The minimum absolute atomic E-state index is 0.0220. The van der Waals surface area contributed by atoms with Gasteiger partial charge in [-0.05, 0) is 37.6 Å². The van der Waals surface area contributed by atoms with E-state index in [1.165, 1.54) is 7.05 Å². The van der Waals surface area contributed by atoms with Gasteiger partial charge in [-0.2, -0.15) is 0 Å². The van der Waals surface area contributed by atoms with Crippen LogP contribution < -0.4 is 4.72 Å². The molecular weight excluding hydrogens is 278 g/mol. The van der Waals surface area contributed by atoms with Gasteiger partial charge in [0.2, 0.25) is 10.0 Å². The zero-order valence-electron chi connectivity index (χ0n) is 8.96. The van der Waals surface area contributed by atoms with Gasteiger partial charge >= 0.3 is 0 Å². The zero-order chi connectivity index (χ0) is 11.6. The van der Waals surface area contributed by atoms with Gasteiger partial charge in [0.05, 0.1) is 5.75 Å². The summed E-state index contributed by atoms with van der Waals surface area (Å²) in [5, 5.41) is 0. The van der Waals surface area contributed by atoms with E-state index in [2.05, 4.69) is 20.7 Å². The molecule has 0 radical (unpaired) electrons. The highest BCUT2D eigenvalue weighted by atomic mass is 79.9. The summed E-state index contributed by atoms with van der Waals surface area (Å²) in [6.45, 7) is 3.89. The van der Waals surface area contributed by atoms with Gasteiger partial charge < -0.3 is 0 Å². The maximum atomic E-state index is 11.4. The fraction of sp³-hybridized carbons (Fsp3) is 0.400. The summed E-state index contributed by atoms with van der Waals surface area (Å²) in [5.41, 5.74) is 2.91. The first-order valence-corrected chi connectivity index (χ1v) is 6.97. The van der Waals surface area contributed by atoms with Gasteiger partial charge in [-0.3, -0.25) is 0 Å². The molecule has 1 rings (SSSR count). The third-order valence-corrected chi connectivity index (χ3v) is 4.88. The second kappa shape index (κ2) is 4.63. The number of hydrogen-bond acceptors (Lipinski definition) is 2. The van der Waals surface area contributed by atoms with Crippen LogP contribution in [0.4, 0.5) is 0 Å². The van der Waals surface area contributed by atoms with E-state index in [-0.39, 0.29) is 5.75 Å². The van der Waals surface area contributed by atoms with Crippen molar-refractivity contribution in [3.63, 3.8) is 0 Å². The monoisotopic (exact) mass is 291 g/mol. The van der Waals surface area contributed by atoms with Gasteiger partial charge in [0.25, 0.3) is 0 Å². The molecule has 0 aliphatic heterocycles. The van der Waals surface area contributed by atoms with Gasteiger partial charge in [0, 0.05) is 4.47 Å². The largest absolute Gasteiger partial charge is 0.218 e. The molecule has 3 nitrogen and oxygen atoms in total. The molecule has 5 heteroatoms. The number of hydrogen-bond donors (Lipinski definition) is 1. The summed E-state index contributed by atoms with van der Waals surface area (Å²) in [6.07, 6.45) is 0. The smallest absolute Gasteiger partial charge is 0.215 e. The molecule has 0 saturated heterocycles. The van der Waals surface area contributed by atoms with Crippen molar-refractivity contribution in [1.82, 2.24) is 4.72 Å². The first kappa shape index (κ1) is 12.7. The SMILES string of the molecule is CNS(=O)(=O)Cc1ccc(C)c(Br)c1C. The fourth-order valence-corrected chi connectivity index (χ4v) is 2.55. The Hall–Kier alpha value is -0.390. The van der Waals surface area contributed by atoms with Crippen LogP contribution in [0.15, 0.2) is 16.6 Å². The van der Waals surface area contributed by atoms with Crippen molar-refractivity contribution >= 4 is 26.0 Å². The topological polar surface area (TPSA) is 46.2 Å². The van der Waals surface area contributed by atoms with Crippen molar-refractivity contribution in [1.29, 1.82) is 0 Å². The van der Waals surface area contributed by atoms with Crippen molar-refractivity contribution in [2.75, 3.05) is 7.05 Å². The summed E-state index contributed by atoms with van der Waals surface area (Å²) in [7, 11) is -1.77. The Morgan fingerprint density at radius 2 is 1.93 bits per heavy atom. The third kappa shape index (κ3) is 3.03. The Morgan fingerprint density at radius 3 is 2.47 bits per heavy atom. The quantitative estimate of drug-likeness (QED) is 0.927. The summed E-state index contributed by atoms with van der Waals surface area (Å²) in [4.78, 5) is 0. The molecule has 1 aromatic carbocycles. The van der Waals surface area contributed by atoms with Crippen LogP contribution in [0.3, 0.4) is 0 Å². The maximum absolute atomic E-state index is 11.4. The Morgan fingerprint density at radius 1 is 1.33 bits per heavy atom. The number of rotatable bonds is 3. The van der Waals surface area contributed by atoms with E-state index in [0.717, 1.165) is 21.2 Å². The van der Waals surface area contributed by atoms with Crippen molar-refractivity contribution in [3.05, 3.63) is 33.3 Å². The molecule has 0 atom stereocenters. The molecule has 0 aromatic heterocycles. The highest BCUT2D eigenvalue weighted by Gasteiger charge is 2.12. The Labute approximate surface area is 99.1 Å². The number of aryl methyl sites for hydroxylation is 1. The van der Waals surface area contributed by atoms with Crippen LogP contribution in [-0.4, -0.2) is 15.5 Å². The molecule has 15 heavy (non-hydrogen) atoms. The van der Waals surface area contributed by atoms with E-state index in [0.29, 0.717) is 0 Å². The van der Waals surface area contributed by atoms with Gasteiger partial charge in [-0.1, -0.05) is 28.1 Å². The summed E-state index contributed by atoms with van der Waals surface area (Å²) in [6, 6.07) is 3.77. The van der Waals surface area contributed by atoms with Crippen LogP contribution in [0.2, 0.25) is 0 Å². The zero-order valence-corrected chi connectivity index (χ0v) is 11.4. The van der Waals surface area contributed by atoms with Crippen LogP contribution in [0.5, 0.6) is 0 Å². The van der Waals surface area contributed by atoms with Crippen molar-refractivity contribution in [2.45, 2.75) is 19.6 Å². The summed E-state index contributed by atoms with van der Waals surface area (Å²) < 4.78 is 26.1. The second-order valence-corrected chi connectivity index (χ2v) is 6.16. The molecule has 1 aromatic rings. The van der Waals surface area contributed by atoms with Crippen molar-refractivity contribution in [2.24, 2.45) is 0 Å². The first-order chi connectivity index (χ1) is 6.87. The molecule has 0 amide bonds. The summed E-state index contributed by atoms with van der Waals surface area (Å²) >= 11 is 3.44. The van der Waals surface area contributed by atoms with Gasteiger partial charge in [0.15, 0.2) is 0 Å². The number of sulfonamides is 1. The lowest BCUT2D eigenvalue weighted by atomic mass is 10.1. The van der Waals surface area contributed by atoms with Crippen LogP contribution in [0.25, 0.3) is 0 Å². The molecule has 84 valence electrons. The van der Waals surface area contributed by atoms with Gasteiger partial charge in [0.1, 0.15) is 0 Å². The average molecular weight is 292 g/mol. The number of nitrogens with one attached hydrogen (secondary N) is 1. The van der Waals surface area contributed by atoms with Crippen molar-refractivity contribution < 1.29 is 8.42 Å². The predicted octanol–water partition coefficient (Wildman–Crippen LogP) is 2.12. The molecule has 0 spiro atoms. The third-order valence-electron chi connectivity index (χ3n) is 2.35. The number of halogens is 1. The van der Waals surface area contributed by atoms with E-state index in [1.54, 1.807) is 0 Å². The lowest BCUT2D eigenvalue weighted by molar-refractivity contribution is 0.587. The second-order valence-electron chi connectivity index (χ2n) is 3.44. The molecule has 1 N–H and O–H groups in total. The minimum atomic E-state index is -3.20. The van der Waals surface area contributed by atoms with Crippen molar-refractivity contribution in [3.8, 4) is 0 Å². The van der Waals surface area contributed by atoms with Crippen LogP contribution in [0.1, 0.15) is 16.7 Å². The highest BCUT2D eigenvalue weighted by Crippen LogP contribution is 2.24. The summed E-state index contributed by atoms with van der Waals surface area (Å²) in [5.74, 6) is 0.0220. The van der Waals surface area contributed by atoms with E-state index in [4.69, 9.17) is 0 Å². The molecule has 0 fully saturated rings. The van der Waals surface area contributed by atoms with E-state index < -0.39 is 10.0 Å². The predicted molar refractivity (Wildman–Crippen MR) is 65.3 cm³/mol.